The molecular weight excluding hydrogens is 270 g/mol. The molecule has 0 atom stereocenters. The van der Waals surface area contributed by atoms with Gasteiger partial charge in [0.05, 0.1) is 19.3 Å². The molecule has 0 amide bonds. The summed E-state index contributed by atoms with van der Waals surface area (Å²) >= 11 is 1.10. The number of carboxylic acid groups (broad SMARTS) is 1. The Bertz CT molecular complexity index is 447. The van der Waals surface area contributed by atoms with Crippen molar-refractivity contribution in [2.24, 2.45) is 0 Å². The molecule has 106 valence electrons. The standard InChI is InChI=1S/C11H17N3O4S/c1-3-4-8-12-13-11(19-7-9(15)16)14(8)6-5-10(17)18-2/h3-7H2,1-2H3,(H,15,16). The number of methoxy groups -OCH3 is 1. The third-order valence-electron chi connectivity index (χ3n) is 2.36. The number of carboxylic acids is 1. The van der Waals surface area contributed by atoms with Gasteiger partial charge in [-0.2, -0.15) is 0 Å². The van der Waals surface area contributed by atoms with Crippen molar-refractivity contribution in [3.8, 4) is 0 Å². The quantitative estimate of drug-likeness (QED) is 0.562. The lowest BCUT2D eigenvalue weighted by atomic mass is 10.3. The molecule has 0 unspecified atom stereocenters. The average Bonchev–Trinajstić information content (AvgIpc) is 2.76. The Hall–Kier alpha value is -1.57. The van der Waals surface area contributed by atoms with Crippen molar-refractivity contribution in [3.63, 3.8) is 0 Å². The van der Waals surface area contributed by atoms with Crippen molar-refractivity contribution in [3.05, 3.63) is 5.82 Å². The van der Waals surface area contributed by atoms with Gasteiger partial charge >= 0.3 is 11.9 Å². The van der Waals surface area contributed by atoms with Gasteiger partial charge in [0.25, 0.3) is 0 Å². The number of hydrogen-bond donors (Lipinski definition) is 1. The largest absolute Gasteiger partial charge is 0.481 e. The van der Waals surface area contributed by atoms with E-state index in [1.807, 2.05) is 6.92 Å². The van der Waals surface area contributed by atoms with Crippen LogP contribution in [-0.2, 0) is 27.3 Å². The third kappa shape index (κ3) is 4.90. The van der Waals surface area contributed by atoms with Crippen LogP contribution >= 0.6 is 11.8 Å². The first-order valence-corrected chi connectivity index (χ1v) is 6.90. The van der Waals surface area contributed by atoms with Gasteiger partial charge in [-0.05, 0) is 6.42 Å². The normalized spacial score (nSPS) is 10.4. The summed E-state index contributed by atoms with van der Waals surface area (Å²) in [6.07, 6.45) is 1.85. The molecule has 1 heterocycles. The maximum Gasteiger partial charge on any atom is 0.313 e. The van der Waals surface area contributed by atoms with E-state index in [4.69, 9.17) is 5.11 Å². The van der Waals surface area contributed by atoms with Crippen molar-refractivity contribution >= 4 is 23.7 Å². The summed E-state index contributed by atoms with van der Waals surface area (Å²) in [5.41, 5.74) is 0. The molecule has 1 rings (SSSR count). The molecule has 0 aromatic carbocycles. The van der Waals surface area contributed by atoms with Gasteiger partial charge in [0.1, 0.15) is 5.82 Å². The Labute approximate surface area is 115 Å². The highest BCUT2D eigenvalue weighted by atomic mass is 32.2. The Morgan fingerprint density at radius 2 is 2.16 bits per heavy atom. The molecule has 19 heavy (non-hydrogen) atoms. The highest BCUT2D eigenvalue weighted by molar-refractivity contribution is 7.99. The number of aliphatic carboxylic acids is 1. The molecule has 0 fully saturated rings. The molecule has 1 aromatic rings. The van der Waals surface area contributed by atoms with Crippen molar-refractivity contribution in [2.45, 2.75) is 37.9 Å². The summed E-state index contributed by atoms with van der Waals surface area (Å²) in [5, 5.41) is 17.2. The van der Waals surface area contributed by atoms with Crippen molar-refractivity contribution < 1.29 is 19.4 Å². The van der Waals surface area contributed by atoms with E-state index >= 15 is 0 Å². The van der Waals surface area contributed by atoms with E-state index in [-0.39, 0.29) is 18.1 Å². The van der Waals surface area contributed by atoms with E-state index in [0.717, 1.165) is 30.4 Å². The zero-order chi connectivity index (χ0) is 14.3. The van der Waals surface area contributed by atoms with Gasteiger partial charge in [-0.25, -0.2) is 0 Å². The molecule has 8 heteroatoms. The smallest absolute Gasteiger partial charge is 0.313 e. The first-order valence-electron chi connectivity index (χ1n) is 5.92. The number of carbonyl (C=O) groups is 2. The minimum Gasteiger partial charge on any atom is -0.481 e. The second-order valence-corrected chi connectivity index (χ2v) is 4.75. The second kappa shape index (κ2) is 7.78. The molecule has 0 saturated carbocycles. The molecule has 1 N–H and O–H groups in total. The maximum absolute atomic E-state index is 11.2. The summed E-state index contributed by atoms with van der Waals surface area (Å²) < 4.78 is 6.38. The van der Waals surface area contributed by atoms with Gasteiger partial charge < -0.3 is 14.4 Å². The average molecular weight is 287 g/mol. The highest BCUT2D eigenvalue weighted by Gasteiger charge is 2.14. The van der Waals surface area contributed by atoms with Crippen LogP contribution in [-0.4, -0.2) is 44.7 Å². The first-order chi connectivity index (χ1) is 9.08. The summed E-state index contributed by atoms with van der Waals surface area (Å²) in [6, 6.07) is 0. The van der Waals surface area contributed by atoms with Gasteiger partial charge in [0, 0.05) is 13.0 Å². The molecule has 0 aliphatic heterocycles. The van der Waals surface area contributed by atoms with Gasteiger partial charge in [0.15, 0.2) is 5.16 Å². The van der Waals surface area contributed by atoms with Crippen LogP contribution in [0.3, 0.4) is 0 Å². The first kappa shape index (κ1) is 15.5. The highest BCUT2D eigenvalue weighted by Crippen LogP contribution is 2.18. The van der Waals surface area contributed by atoms with Crippen LogP contribution in [0.25, 0.3) is 0 Å². The maximum atomic E-state index is 11.2. The van der Waals surface area contributed by atoms with E-state index < -0.39 is 5.97 Å². The Morgan fingerprint density at radius 3 is 2.74 bits per heavy atom. The lowest BCUT2D eigenvalue weighted by Crippen LogP contribution is -2.11. The fourth-order valence-electron chi connectivity index (χ4n) is 1.49. The van der Waals surface area contributed by atoms with Crippen molar-refractivity contribution in [2.75, 3.05) is 12.9 Å². The number of esters is 1. The van der Waals surface area contributed by atoms with Gasteiger partial charge in [0.2, 0.25) is 0 Å². The Balaban J connectivity index is 2.78. The summed E-state index contributed by atoms with van der Waals surface area (Å²) in [5.74, 6) is -0.545. The molecule has 0 radical (unpaired) electrons. The molecular formula is C11H17N3O4S. The number of ether oxygens (including phenoxy) is 1. The van der Waals surface area contributed by atoms with Gasteiger partial charge in [-0.3, -0.25) is 9.59 Å². The third-order valence-corrected chi connectivity index (χ3v) is 3.31. The Morgan fingerprint density at radius 1 is 1.42 bits per heavy atom. The molecule has 0 aliphatic carbocycles. The van der Waals surface area contributed by atoms with Crippen LogP contribution in [0.2, 0.25) is 0 Å². The number of hydrogen-bond acceptors (Lipinski definition) is 6. The van der Waals surface area contributed by atoms with Gasteiger partial charge in [-0.15, -0.1) is 10.2 Å². The van der Waals surface area contributed by atoms with E-state index in [2.05, 4.69) is 14.9 Å². The zero-order valence-electron chi connectivity index (χ0n) is 11.0. The molecule has 0 spiro atoms. The fourth-order valence-corrected chi connectivity index (χ4v) is 2.19. The van der Waals surface area contributed by atoms with Crippen LogP contribution in [0.5, 0.6) is 0 Å². The monoisotopic (exact) mass is 287 g/mol. The minimum absolute atomic E-state index is 0.0809. The summed E-state index contributed by atoms with van der Waals surface area (Å²) in [6.45, 7) is 2.42. The van der Waals surface area contributed by atoms with Crippen LogP contribution in [0.1, 0.15) is 25.6 Å². The zero-order valence-corrected chi connectivity index (χ0v) is 11.8. The lowest BCUT2D eigenvalue weighted by Gasteiger charge is -2.08. The second-order valence-electron chi connectivity index (χ2n) is 3.81. The fraction of sp³-hybridized carbons (Fsp3) is 0.636. The predicted octanol–water partition coefficient (Wildman–Crippen LogP) is 0.970. The van der Waals surface area contributed by atoms with Crippen molar-refractivity contribution in [1.82, 2.24) is 14.8 Å². The molecule has 7 nitrogen and oxygen atoms in total. The molecule has 0 aliphatic rings. The summed E-state index contributed by atoms with van der Waals surface area (Å²) in [7, 11) is 1.33. The number of rotatable bonds is 8. The SMILES string of the molecule is CCCc1nnc(SCC(=O)O)n1CCC(=O)OC. The minimum atomic E-state index is -0.912. The van der Waals surface area contributed by atoms with Crippen LogP contribution in [0.15, 0.2) is 5.16 Å². The topological polar surface area (TPSA) is 94.3 Å². The van der Waals surface area contributed by atoms with Crippen LogP contribution < -0.4 is 0 Å². The van der Waals surface area contributed by atoms with E-state index in [1.54, 1.807) is 4.57 Å². The van der Waals surface area contributed by atoms with Crippen LogP contribution in [0, 0.1) is 0 Å². The van der Waals surface area contributed by atoms with Crippen LogP contribution in [0.4, 0.5) is 0 Å². The molecule has 0 saturated heterocycles. The lowest BCUT2D eigenvalue weighted by molar-refractivity contribution is -0.141. The van der Waals surface area contributed by atoms with Crippen molar-refractivity contribution in [1.29, 1.82) is 0 Å². The summed E-state index contributed by atoms with van der Waals surface area (Å²) in [4.78, 5) is 21.8. The van der Waals surface area contributed by atoms with E-state index in [9.17, 15) is 9.59 Å². The van der Waals surface area contributed by atoms with E-state index in [1.165, 1.54) is 7.11 Å². The molecule has 1 aromatic heterocycles. The number of thioether (sulfide) groups is 1. The number of nitrogens with zero attached hydrogens (tertiary/aromatic N) is 3. The number of carbonyl (C=O) groups excluding carboxylic acids is 1. The number of aromatic nitrogens is 3. The molecule has 0 bridgehead atoms. The van der Waals surface area contributed by atoms with Gasteiger partial charge in [-0.1, -0.05) is 18.7 Å². The van der Waals surface area contributed by atoms with E-state index in [0.29, 0.717) is 11.7 Å². The Kier molecular flexibility index (Phi) is 6.34. The predicted molar refractivity (Wildman–Crippen MR) is 69.0 cm³/mol. The number of aryl methyl sites for hydroxylation is 1.